The Labute approximate surface area is 128 Å². The minimum atomic E-state index is -3.90. The Bertz CT molecular complexity index is 792. The molecule has 1 heterocycles. The Balaban J connectivity index is 2.42. The van der Waals surface area contributed by atoms with Crippen molar-refractivity contribution in [3.05, 3.63) is 33.4 Å². The Morgan fingerprint density at radius 2 is 2.20 bits per heavy atom. The van der Waals surface area contributed by atoms with Gasteiger partial charge in [-0.1, -0.05) is 16.8 Å². The van der Waals surface area contributed by atoms with E-state index in [0.29, 0.717) is 5.56 Å². The second-order valence-corrected chi connectivity index (χ2v) is 6.48. The maximum atomic E-state index is 12.2. The molecule has 20 heavy (non-hydrogen) atoms. The number of halogens is 2. The molecule has 0 unspecified atom stereocenters. The number of benzene rings is 1. The van der Waals surface area contributed by atoms with E-state index in [2.05, 4.69) is 31.0 Å². The minimum absolute atomic E-state index is 0.0947. The summed E-state index contributed by atoms with van der Waals surface area (Å²) in [5.41, 5.74) is 0.500. The number of sulfonamides is 1. The van der Waals surface area contributed by atoms with Crippen LogP contribution in [-0.2, 0) is 17.1 Å². The van der Waals surface area contributed by atoms with Crippen molar-refractivity contribution < 1.29 is 8.42 Å². The van der Waals surface area contributed by atoms with Gasteiger partial charge in [0.25, 0.3) is 10.0 Å². The lowest BCUT2D eigenvalue weighted by Gasteiger charge is -2.09. The number of nitrogens with zero attached hydrogens (tertiary/aromatic N) is 4. The smallest absolute Gasteiger partial charge is 0.277 e. The summed E-state index contributed by atoms with van der Waals surface area (Å²) in [6.07, 6.45) is 0. The first-order chi connectivity index (χ1) is 9.35. The maximum absolute atomic E-state index is 12.2. The molecule has 0 bridgehead atoms. The highest BCUT2D eigenvalue weighted by molar-refractivity contribution is 9.10. The molecule has 1 N–H and O–H groups in total. The summed E-state index contributed by atoms with van der Waals surface area (Å²) in [7, 11) is -2.45. The topological polar surface area (TPSA) is 101 Å². The Morgan fingerprint density at radius 1 is 1.50 bits per heavy atom. The third-order valence-corrected chi connectivity index (χ3v) is 4.90. The highest BCUT2D eigenvalue weighted by Gasteiger charge is 2.24. The average Bonchev–Trinajstić information content (AvgIpc) is 2.72. The molecule has 2 rings (SSSR count). The van der Waals surface area contributed by atoms with Gasteiger partial charge in [-0.2, -0.15) is 13.7 Å². The van der Waals surface area contributed by atoms with Gasteiger partial charge in [0.2, 0.25) is 5.03 Å². The number of nitriles is 1. The van der Waals surface area contributed by atoms with Crippen LogP contribution in [0.15, 0.2) is 27.8 Å². The van der Waals surface area contributed by atoms with Crippen LogP contribution in [0, 0.1) is 11.3 Å². The fourth-order valence-electron chi connectivity index (χ4n) is 1.47. The second kappa shape index (κ2) is 5.40. The van der Waals surface area contributed by atoms with Crippen LogP contribution in [0.5, 0.6) is 0 Å². The number of hydrogen-bond donors (Lipinski definition) is 1. The van der Waals surface area contributed by atoms with Crippen LogP contribution in [0.4, 0.5) is 5.69 Å². The van der Waals surface area contributed by atoms with Crippen LogP contribution in [0.2, 0.25) is 5.02 Å². The SMILES string of the molecule is Cn1nnc(Br)c1S(=O)(=O)Nc1ccc(C#N)cc1Cl. The second-order valence-electron chi connectivity index (χ2n) is 3.72. The first kappa shape index (κ1) is 14.8. The van der Waals surface area contributed by atoms with Crippen molar-refractivity contribution in [1.82, 2.24) is 15.0 Å². The molecule has 10 heteroatoms. The summed E-state index contributed by atoms with van der Waals surface area (Å²) in [4.78, 5) is 0. The monoisotopic (exact) mass is 375 g/mol. The summed E-state index contributed by atoms with van der Waals surface area (Å²) in [5.74, 6) is 0. The first-order valence-electron chi connectivity index (χ1n) is 5.13. The van der Waals surface area contributed by atoms with Gasteiger partial charge in [0.1, 0.15) is 0 Å². The molecule has 2 aromatic rings. The predicted molar refractivity (Wildman–Crippen MR) is 75.7 cm³/mol. The standard InChI is InChI=1S/C10H7BrClN5O2S/c1-17-10(9(11)14-16-17)20(18,19)15-8-3-2-6(5-13)4-7(8)12/h2-4,15H,1H3. The molecule has 7 nitrogen and oxygen atoms in total. The maximum Gasteiger partial charge on any atom is 0.281 e. The van der Waals surface area contributed by atoms with Crippen molar-refractivity contribution in [2.75, 3.05) is 4.72 Å². The van der Waals surface area contributed by atoms with Crippen molar-refractivity contribution in [3.63, 3.8) is 0 Å². The highest BCUT2D eigenvalue weighted by Crippen LogP contribution is 2.27. The largest absolute Gasteiger partial charge is 0.281 e. The Hall–Kier alpha value is -1.63. The van der Waals surface area contributed by atoms with Crippen LogP contribution >= 0.6 is 27.5 Å². The zero-order chi connectivity index (χ0) is 14.9. The number of hydrogen-bond acceptors (Lipinski definition) is 5. The predicted octanol–water partition coefficient (Wildman–Crippen LogP) is 1.90. The van der Waals surface area contributed by atoms with Crippen molar-refractivity contribution in [3.8, 4) is 6.07 Å². The van der Waals surface area contributed by atoms with Gasteiger partial charge in [-0.05, 0) is 34.1 Å². The van der Waals surface area contributed by atoms with Crippen molar-refractivity contribution in [2.24, 2.45) is 7.05 Å². The number of anilines is 1. The third-order valence-electron chi connectivity index (χ3n) is 2.33. The first-order valence-corrected chi connectivity index (χ1v) is 7.78. The molecule has 0 radical (unpaired) electrons. The van der Waals surface area contributed by atoms with Crippen molar-refractivity contribution >= 4 is 43.2 Å². The van der Waals surface area contributed by atoms with E-state index in [9.17, 15) is 8.42 Å². The fraction of sp³-hybridized carbons (Fsp3) is 0.100. The van der Waals surface area contributed by atoms with Crippen LogP contribution in [-0.4, -0.2) is 23.4 Å². The summed E-state index contributed by atoms with van der Waals surface area (Å²) < 4.78 is 28.0. The lowest BCUT2D eigenvalue weighted by atomic mass is 10.2. The Kier molecular flexibility index (Phi) is 3.99. The lowest BCUT2D eigenvalue weighted by Crippen LogP contribution is -2.17. The zero-order valence-electron chi connectivity index (χ0n) is 10.0. The van der Waals surface area contributed by atoms with E-state index in [1.165, 1.54) is 25.2 Å². The van der Waals surface area contributed by atoms with E-state index < -0.39 is 10.0 Å². The molecule has 1 aromatic carbocycles. The number of aryl methyl sites for hydroxylation is 1. The van der Waals surface area contributed by atoms with Gasteiger partial charge in [-0.3, -0.25) is 4.72 Å². The van der Waals surface area contributed by atoms with E-state index in [0.717, 1.165) is 4.68 Å². The third kappa shape index (κ3) is 2.77. The van der Waals surface area contributed by atoms with Gasteiger partial charge in [0.15, 0.2) is 4.60 Å². The quantitative estimate of drug-likeness (QED) is 0.881. The summed E-state index contributed by atoms with van der Waals surface area (Å²) in [6.45, 7) is 0. The Morgan fingerprint density at radius 3 is 2.70 bits per heavy atom. The number of aromatic nitrogens is 3. The number of rotatable bonds is 3. The van der Waals surface area contributed by atoms with E-state index >= 15 is 0 Å². The molecule has 0 aliphatic carbocycles. The summed E-state index contributed by atoms with van der Waals surface area (Å²) in [5, 5.41) is 15.9. The van der Waals surface area contributed by atoms with Crippen LogP contribution in [0.1, 0.15) is 5.56 Å². The molecule has 0 atom stereocenters. The molecule has 0 amide bonds. The molecule has 0 spiro atoms. The van der Waals surface area contributed by atoms with Crippen molar-refractivity contribution in [2.45, 2.75) is 5.03 Å². The summed E-state index contributed by atoms with van der Waals surface area (Å²) in [6, 6.07) is 6.15. The molecule has 104 valence electrons. The van der Waals surface area contributed by atoms with Gasteiger partial charge in [-0.15, -0.1) is 5.10 Å². The van der Waals surface area contributed by atoms with Crippen LogP contribution in [0.3, 0.4) is 0 Å². The fourth-order valence-corrected chi connectivity index (χ4v) is 3.93. The van der Waals surface area contributed by atoms with Gasteiger partial charge < -0.3 is 0 Å². The molecule has 0 fully saturated rings. The summed E-state index contributed by atoms with van der Waals surface area (Å²) >= 11 is 8.95. The molecule has 1 aromatic heterocycles. The average molecular weight is 377 g/mol. The highest BCUT2D eigenvalue weighted by atomic mass is 79.9. The lowest BCUT2D eigenvalue weighted by molar-refractivity contribution is 0.578. The van der Waals surface area contributed by atoms with Crippen LogP contribution < -0.4 is 4.72 Å². The van der Waals surface area contributed by atoms with Crippen LogP contribution in [0.25, 0.3) is 0 Å². The molecule has 0 aliphatic heterocycles. The number of nitrogens with one attached hydrogen (secondary N) is 1. The molecular weight excluding hydrogens is 370 g/mol. The van der Waals surface area contributed by atoms with Gasteiger partial charge in [0.05, 0.1) is 22.3 Å². The molecular formula is C10H7BrClN5O2S. The van der Waals surface area contributed by atoms with E-state index in [1.807, 2.05) is 6.07 Å². The molecule has 0 saturated carbocycles. The molecule has 0 aliphatic rings. The minimum Gasteiger partial charge on any atom is -0.277 e. The van der Waals surface area contributed by atoms with E-state index in [-0.39, 0.29) is 20.3 Å². The molecule has 0 saturated heterocycles. The van der Waals surface area contributed by atoms with Gasteiger partial charge >= 0.3 is 0 Å². The van der Waals surface area contributed by atoms with Crippen molar-refractivity contribution in [1.29, 1.82) is 5.26 Å². The van der Waals surface area contributed by atoms with E-state index in [4.69, 9.17) is 16.9 Å². The van der Waals surface area contributed by atoms with E-state index in [1.54, 1.807) is 0 Å². The van der Waals surface area contributed by atoms with Gasteiger partial charge in [-0.25, -0.2) is 4.68 Å². The van der Waals surface area contributed by atoms with Gasteiger partial charge in [0, 0.05) is 7.05 Å². The zero-order valence-corrected chi connectivity index (χ0v) is 13.2. The normalized spacial score (nSPS) is 11.1.